The highest BCUT2D eigenvalue weighted by molar-refractivity contribution is 5.95. The summed E-state index contributed by atoms with van der Waals surface area (Å²) in [5.41, 5.74) is 4.67. The fourth-order valence-electron chi connectivity index (χ4n) is 4.61. The van der Waals surface area contributed by atoms with E-state index in [2.05, 4.69) is 75.5 Å². The first-order valence-electron chi connectivity index (χ1n) is 10.2. The van der Waals surface area contributed by atoms with Crippen LogP contribution in [0.15, 0.2) is 48.5 Å². The Bertz CT molecular complexity index is 756. The van der Waals surface area contributed by atoms with Crippen molar-refractivity contribution >= 4 is 11.6 Å². The van der Waals surface area contributed by atoms with Gasteiger partial charge in [-0.15, -0.1) is 0 Å². The number of hydrogen-bond acceptors (Lipinski definition) is 1. The third-order valence-electron chi connectivity index (χ3n) is 6.68. The number of carbonyl (C=O) groups is 1. The second kappa shape index (κ2) is 8.26. The number of hydrogen-bond donors (Lipinski definition) is 1. The molecule has 1 aliphatic rings. The van der Waals surface area contributed by atoms with E-state index in [-0.39, 0.29) is 11.9 Å². The molecule has 0 aromatic heterocycles. The Labute approximate surface area is 164 Å². The summed E-state index contributed by atoms with van der Waals surface area (Å²) in [6.45, 7) is 11.6. The lowest BCUT2D eigenvalue weighted by Crippen LogP contribution is -2.61. The van der Waals surface area contributed by atoms with Crippen molar-refractivity contribution in [3.8, 4) is 0 Å². The van der Waals surface area contributed by atoms with Crippen LogP contribution in [0.3, 0.4) is 0 Å². The number of quaternary nitrogens is 1. The Morgan fingerprint density at radius 1 is 1.04 bits per heavy atom. The van der Waals surface area contributed by atoms with Crippen molar-refractivity contribution in [2.24, 2.45) is 0 Å². The molecule has 1 amide bonds. The van der Waals surface area contributed by atoms with Crippen LogP contribution in [0.25, 0.3) is 0 Å². The lowest BCUT2D eigenvalue weighted by Gasteiger charge is -2.46. The van der Waals surface area contributed by atoms with Crippen LogP contribution < -0.4 is 5.32 Å². The zero-order chi connectivity index (χ0) is 19.4. The van der Waals surface area contributed by atoms with Gasteiger partial charge >= 0.3 is 0 Å². The van der Waals surface area contributed by atoms with Gasteiger partial charge in [0.15, 0.2) is 6.04 Å². The van der Waals surface area contributed by atoms with Crippen LogP contribution in [0.2, 0.25) is 0 Å². The van der Waals surface area contributed by atoms with Crippen LogP contribution in [0.1, 0.15) is 49.3 Å². The number of anilines is 1. The summed E-state index contributed by atoms with van der Waals surface area (Å²) in [5.74, 6) is 0.769. The molecule has 2 aromatic carbocycles. The van der Waals surface area contributed by atoms with E-state index in [4.69, 9.17) is 0 Å². The molecule has 1 aliphatic heterocycles. The zero-order valence-corrected chi connectivity index (χ0v) is 17.2. The molecule has 1 fully saturated rings. The van der Waals surface area contributed by atoms with Gasteiger partial charge in [0.1, 0.15) is 0 Å². The molecule has 0 radical (unpaired) electrons. The predicted molar refractivity (Wildman–Crippen MR) is 113 cm³/mol. The first-order chi connectivity index (χ1) is 13.0. The van der Waals surface area contributed by atoms with Gasteiger partial charge in [0.2, 0.25) is 0 Å². The minimum Gasteiger partial charge on any atom is -0.320 e. The number of likely N-dealkylation sites (N-methyl/N-ethyl adjacent to an activating group) is 1. The molecule has 27 heavy (non-hydrogen) atoms. The number of para-hydroxylation sites is 1. The van der Waals surface area contributed by atoms with Gasteiger partial charge in [-0.3, -0.25) is 4.79 Å². The largest absolute Gasteiger partial charge is 0.320 e. The summed E-state index contributed by atoms with van der Waals surface area (Å²) in [5, 5.41) is 3.22. The second-order valence-corrected chi connectivity index (χ2v) is 8.10. The average molecular weight is 366 g/mol. The minimum atomic E-state index is -0.0364. The van der Waals surface area contributed by atoms with E-state index in [0.717, 1.165) is 53.8 Å². The van der Waals surface area contributed by atoms with Crippen molar-refractivity contribution in [1.29, 1.82) is 0 Å². The Morgan fingerprint density at radius 3 is 2.19 bits per heavy atom. The van der Waals surface area contributed by atoms with Crippen molar-refractivity contribution in [3.05, 3.63) is 65.2 Å². The van der Waals surface area contributed by atoms with Gasteiger partial charge in [0.25, 0.3) is 5.91 Å². The van der Waals surface area contributed by atoms with Crippen molar-refractivity contribution in [1.82, 2.24) is 0 Å². The second-order valence-electron chi connectivity index (χ2n) is 8.10. The van der Waals surface area contributed by atoms with Crippen LogP contribution in [0.5, 0.6) is 0 Å². The molecule has 3 heteroatoms. The number of nitrogens with zero attached hydrogens (tertiary/aromatic N) is 1. The highest BCUT2D eigenvalue weighted by Crippen LogP contribution is 2.33. The van der Waals surface area contributed by atoms with Gasteiger partial charge in [-0.25, -0.2) is 0 Å². The molecule has 1 heterocycles. The monoisotopic (exact) mass is 365 g/mol. The summed E-state index contributed by atoms with van der Waals surface area (Å²) in [4.78, 5) is 13.1. The maximum absolute atomic E-state index is 13.1. The number of nitrogens with one attached hydrogen (secondary N) is 1. The molecule has 0 aliphatic carbocycles. The fourth-order valence-corrected chi connectivity index (χ4v) is 4.61. The molecule has 1 unspecified atom stereocenters. The maximum Gasteiger partial charge on any atom is 0.282 e. The molecule has 1 saturated heterocycles. The SMILES string of the molecule is CC[N+]1(C(C)C(=O)Nc2c(C)cccc2C)CCC(c2ccccc2)CC1. The number of piperidine rings is 1. The summed E-state index contributed by atoms with van der Waals surface area (Å²) in [6, 6.07) is 17.0. The topological polar surface area (TPSA) is 29.1 Å². The summed E-state index contributed by atoms with van der Waals surface area (Å²) < 4.78 is 0.889. The Balaban J connectivity index is 1.70. The number of benzene rings is 2. The standard InChI is InChI=1S/C24H32N2O/c1-5-26(16-14-22(15-17-26)21-12-7-6-8-13-21)20(4)24(27)25-23-18(2)10-9-11-19(23)3/h6-13,20,22H,5,14-17H2,1-4H3/p+1. The third kappa shape index (κ3) is 4.08. The fraction of sp³-hybridized carbons (Fsp3) is 0.458. The molecule has 0 bridgehead atoms. The summed E-state index contributed by atoms with van der Waals surface area (Å²) >= 11 is 0. The van der Waals surface area contributed by atoms with Gasteiger partial charge in [-0.2, -0.15) is 0 Å². The Morgan fingerprint density at radius 2 is 1.63 bits per heavy atom. The van der Waals surface area contributed by atoms with Gasteiger partial charge in [0.05, 0.1) is 19.6 Å². The summed E-state index contributed by atoms with van der Waals surface area (Å²) in [6.07, 6.45) is 2.30. The molecule has 144 valence electrons. The lowest BCUT2D eigenvalue weighted by molar-refractivity contribution is -0.943. The van der Waals surface area contributed by atoms with E-state index < -0.39 is 0 Å². The van der Waals surface area contributed by atoms with Crippen molar-refractivity contribution in [2.45, 2.75) is 52.5 Å². The molecular weight excluding hydrogens is 332 g/mol. The van der Waals surface area contributed by atoms with Crippen molar-refractivity contribution in [2.75, 3.05) is 25.0 Å². The molecular formula is C24H33N2O+. The quantitative estimate of drug-likeness (QED) is 0.739. The average Bonchev–Trinajstić information content (AvgIpc) is 2.71. The van der Waals surface area contributed by atoms with Crippen LogP contribution in [-0.2, 0) is 4.79 Å². The molecule has 3 nitrogen and oxygen atoms in total. The van der Waals surface area contributed by atoms with E-state index in [1.165, 1.54) is 5.56 Å². The molecule has 0 spiro atoms. The van der Waals surface area contributed by atoms with Gasteiger partial charge in [-0.1, -0.05) is 48.5 Å². The number of rotatable bonds is 5. The molecule has 1 atom stereocenters. The van der Waals surface area contributed by atoms with Crippen LogP contribution in [-0.4, -0.2) is 36.1 Å². The van der Waals surface area contributed by atoms with E-state index in [9.17, 15) is 4.79 Å². The van der Waals surface area contributed by atoms with E-state index in [1.807, 2.05) is 6.07 Å². The first kappa shape index (κ1) is 19.6. The predicted octanol–water partition coefficient (Wildman–Crippen LogP) is 5.04. The maximum atomic E-state index is 13.1. The number of likely N-dealkylation sites (tertiary alicyclic amines) is 1. The Hall–Kier alpha value is -2.13. The van der Waals surface area contributed by atoms with Gasteiger partial charge < -0.3 is 9.80 Å². The van der Waals surface area contributed by atoms with Crippen LogP contribution in [0.4, 0.5) is 5.69 Å². The zero-order valence-electron chi connectivity index (χ0n) is 17.2. The van der Waals surface area contributed by atoms with E-state index in [0.29, 0.717) is 5.92 Å². The van der Waals surface area contributed by atoms with Crippen LogP contribution in [0, 0.1) is 13.8 Å². The van der Waals surface area contributed by atoms with Gasteiger partial charge in [-0.05, 0) is 50.3 Å². The third-order valence-corrected chi connectivity index (χ3v) is 6.68. The van der Waals surface area contributed by atoms with E-state index >= 15 is 0 Å². The Kier molecular flexibility index (Phi) is 6.01. The molecule has 3 rings (SSSR count). The van der Waals surface area contributed by atoms with Crippen molar-refractivity contribution in [3.63, 3.8) is 0 Å². The van der Waals surface area contributed by atoms with Gasteiger partial charge in [0, 0.05) is 18.5 Å². The first-order valence-corrected chi connectivity index (χ1v) is 10.2. The normalized spacial score (nSPS) is 23.6. The van der Waals surface area contributed by atoms with Crippen LogP contribution >= 0.6 is 0 Å². The highest BCUT2D eigenvalue weighted by Gasteiger charge is 2.41. The molecule has 2 aromatic rings. The number of aryl methyl sites for hydroxylation is 2. The highest BCUT2D eigenvalue weighted by atomic mass is 16.2. The number of carbonyl (C=O) groups excluding carboxylic acids is 1. The lowest BCUT2D eigenvalue weighted by atomic mass is 9.87. The number of amides is 1. The summed E-state index contributed by atoms with van der Waals surface area (Å²) in [7, 11) is 0. The minimum absolute atomic E-state index is 0.0364. The molecule has 1 N–H and O–H groups in total. The smallest absolute Gasteiger partial charge is 0.282 e. The molecule has 0 saturated carbocycles. The van der Waals surface area contributed by atoms with Crippen molar-refractivity contribution < 1.29 is 9.28 Å². The van der Waals surface area contributed by atoms with E-state index in [1.54, 1.807) is 0 Å².